The molecule has 1 saturated carbocycles. The molecule has 0 aromatic heterocycles. The first-order chi connectivity index (χ1) is 13.2. The zero-order chi connectivity index (χ0) is 19.1. The Hall–Kier alpha value is 0.420. The largest absolute Gasteiger partial charge is 0.379 e. The van der Waals surface area contributed by atoms with Crippen LogP contribution in [-0.2, 0) is 15.5 Å². The maximum atomic E-state index is 12.2. The summed E-state index contributed by atoms with van der Waals surface area (Å²) in [5.74, 6) is 4.08. The number of thioether (sulfide) groups is 1. The molecule has 2 saturated heterocycles. The zero-order valence-corrected chi connectivity index (χ0v) is 21.2. The second-order valence-electron chi connectivity index (χ2n) is 7.85. The monoisotopic (exact) mass is 544 g/mol. The Kier molecular flexibility index (Phi) is 10.9. The van der Waals surface area contributed by atoms with Crippen molar-refractivity contribution in [3.63, 3.8) is 0 Å². The van der Waals surface area contributed by atoms with Gasteiger partial charge in [-0.25, -0.2) is 0 Å². The number of rotatable bonds is 6. The standard InChI is InChI=1S/C19H36N4O2S2.HI/c1-3-27(24)17-6-4-5-16(13-17)22-18(20-2)21-14-19(7-12-26-15-19)23-8-10-25-11-9-23;/h16-17H,3-15H2,1-2H3,(H2,20,21,22);1H. The Morgan fingerprint density at radius 3 is 2.79 bits per heavy atom. The summed E-state index contributed by atoms with van der Waals surface area (Å²) < 4.78 is 17.8. The smallest absolute Gasteiger partial charge is 0.191 e. The van der Waals surface area contributed by atoms with E-state index >= 15 is 0 Å². The third-order valence-corrected chi connectivity index (χ3v) is 9.17. The van der Waals surface area contributed by atoms with Gasteiger partial charge >= 0.3 is 0 Å². The molecule has 0 aromatic carbocycles. The van der Waals surface area contributed by atoms with Gasteiger partial charge in [-0.2, -0.15) is 11.8 Å². The maximum Gasteiger partial charge on any atom is 0.191 e. The van der Waals surface area contributed by atoms with Crippen LogP contribution in [0.1, 0.15) is 39.0 Å². The van der Waals surface area contributed by atoms with E-state index in [1.807, 2.05) is 14.0 Å². The van der Waals surface area contributed by atoms with Crippen LogP contribution in [0.5, 0.6) is 0 Å². The van der Waals surface area contributed by atoms with Crippen LogP contribution in [0.4, 0.5) is 0 Å². The van der Waals surface area contributed by atoms with Gasteiger partial charge in [0.05, 0.1) is 13.2 Å². The average molecular weight is 545 g/mol. The number of hydrogen-bond acceptors (Lipinski definition) is 5. The van der Waals surface area contributed by atoms with Crippen molar-refractivity contribution in [2.75, 3.05) is 57.2 Å². The van der Waals surface area contributed by atoms with Crippen molar-refractivity contribution < 1.29 is 8.95 Å². The number of aliphatic imine (C=N–C) groups is 1. The van der Waals surface area contributed by atoms with Crippen molar-refractivity contribution in [3.8, 4) is 0 Å². The molecule has 0 spiro atoms. The van der Waals surface area contributed by atoms with Crippen LogP contribution in [0.15, 0.2) is 4.99 Å². The van der Waals surface area contributed by atoms with Gasteiger partial charge in [0, 0.05) is 65.8 Å². The molecule has 2 heterocycles. The molecule has 0 amide bonds. The third kappa shape index (κ3) is 6.46. The number of halogens is 1. The Labute approximate surface area is 194 Å². The lowest BCUT2D eigenvalue weighted by Crippen LogP contribution is -2.60. The molecule has 3 aliphatic rings. The van der Waals surface area contributed by atoms with Crippen molar-refractivity contribution in [1.82, 2.24) is 15.5 Å². The predicted molar refractivity (Wildman–Crippen MR) is 132 cm³/mol. The summed E-state index contributed by atoms with van der Waals surface area (Å²) in [7, 11) is 1.16. The minimum absolute atomic E-state index is 0. The van der Waals surface area contributed by atoms with E-state index in [-0.39, 0.29) is 29.5 Å². The molecule has 2 N–H and O–H groups in total. The van der Waals surface area contributed by atoms with Gasteiger partial charge < -0.3 is 15.4 Å². The summed E-state index contributed by atoms with van der Waals surface area (Å²) in [6.45, 7) is 6.70. The minimum atomic E-state index is -0.688. The highest BCUT2D eigenvalue weighted by Crippen LogP contribution is 2.33. The molecule has 9 heteroatoms. The SMILES string of the molecule is CCS(=O)C1CCCC(NC(=NC)NCC2(N3CCOCC3)CCSC2)C1.I. The lowest BCUT2D eigenvalue weighted by Gasteiger charge is -2.43. The molecule has 28 heavy (non-hydrogen) atoms. The molecular formula is C19H37IN4O2S2. The highest BCUT2D eigenvalue weighted by Gasteiger charge is 2.40. The van der Waals surface area contributed by atoms with E-state index in [4.69, 9.17) is 4.74 Å². The molecule has 0 bridgehead atoms. The Morgan fingerprint density at radius 2 is 2.14 bits per heavy atom. The number of hydrogen-bond donors (Lipinski definition) is 2. The third-order valence-electron chi connectivity index (χ3n) is 6.20. The van der Waals surface area contributed by atoms with E-state index in [0.717, 1.165) is 70.2 Å². The van der Waals surface area contributed by atoms with Crippen molar-refractivity contribution in [2.45, 2.75) is 55.9 Å². The highest BCUT2D eigenvalue weighted by molar-refractivity contribution is 14.0. The topological polar surface area (TPSA) is 66.0 Å². The molecule has 0 radical (unpaired) electrons. The fourth-order valence-electron chi connectivity index (χ4n) is 4.52. The van der Waals surface area contributed by atoms with Crippen LogP contribution in [0.3, 0.4) is 0 Å². The summed E-state index contributed by atoms with van der Waals surface area (Å²) in [5, 5.41) is 7.57. The van der Waals surface area contributed by atoms with Gasteiger partial charge in [-0.05, 0) is 31.4 Å². The summed E-state index contributed by atoms with van der Waals surface area (Å²) >= 11 is 2.06. The molecule has 6 nitrogen and oxygen atoms in total. The normalized spacial score (nSPS) is 33.1. The van der Waals surface area contributed by atoms with Crippen LogP contribution in [0.2, 0.25) is 0 Å². The number of morpholine rings is 1. The number of ether oxygens (including phenoxy) is 1. The first kappa shape index (κ1) is 24.7. The van der Waals surface area contributed by atoms with Gasteiger partial charge in [-0.15, -0.1) is 24.0 Å². The van der Waals surface area contributed by atoms with Crippen molar-refractivity contribution in [1.29, 1.82) is 0 Å². The van der Waals surface area contributed by atoms with Crippen molar-refractivity contribution in [2.24, 2.45) is 4.99 Å². The summed E-state index contributed by atoms with van der Waals surface area (Å²) in [5.41, 5.74) is 0.213. The molecular weight excluding hydrogens is 507 g/mol. The Morgan fingerprint density at radius 1 is 1.36 bits per heavy atom. The van der Waals surface area contributed by atoms with E-state index in [2.05, 4.69) is 32.3 Å². The first-order valence-electron chi connectivity index (χ1n) is 10.4. The van der Waals surface area contributed by atoms with Crippen LogP contribution >= 0.6 is 35.7 Å². The molecule has 4 atom stereocenters. The fraction of sp³-hybridized carbons (Fsp3) is 0.947. The van der Waals surface area contributed by atoms with Gasteiger partial charge in [0.2, 0.25) is 0 Å². The van der Waals surface area contributed by atoms with E-state index in [1.165, 1.54) is 17.9 Å². The lowest BCUT2D eigenvalue weighted by molar-refractivity contribution is -0.0120. The molecule has 2 aliphatic heterocycles. The lowest BCUT2D eigenvalue weighted by atomic mass is 9.94. The zero-order valence-electron chi connectivity index (χ0n) is 17.3. The quantitative estimate of drug-likeness (QED) is 0.303. The van der Waals surface area contributed by atoms with Crippen molar-refractivity contribution in [3.05, 3.63) is 0 Å². The van der Waals surface area contributed by atoms with Crippen LogP contribution in [-0.4, -0.2) is 89.1 Å². The van der Waals surface area contributed by atoms with E-state index in [1.54, 1.807) is 0 Å². The van der Waals surface area contributed by atoms with Gasteiger partial charge in [0.1, 0.15) is 0 Å². The summed E-state index contributed by atoms with van der Waals surface area (Å²) in [4.78, 5) is 7.10. The summed E-state index contributed by atoms with van der Waals surface area (Å²) in [6.07, 6.45) is 5.61. The van der Waals surface area contributed by atoms with Crippen LogP contribution < -0.4 is 10.6 Å². The minimum Gasteiger partial charge on any atom is -0.379 e. The summed E-state index contributed by atoms with van der Waals surface area (Å²) in [6, 6.07) is 0.378. The van der Waals surface area contributed by atoms with E-state index in [0.29, 0.717) is 11.3 Å². The molecule has 0 aromatic rings. The molecule has 3 fully saturated rings. The number of nitrogens with one attached hydrogen (secondary N) is 2. The molecule has 1 aliphatic carbocycles. The average Bonchev–Trinajstić information content (AvgIpc) is 3.21. The molecule has 4 unspecified atom stereocenters. The molecule has 3 rings (SSSR count). The van der Waals surface area contributed by atoms with Gasteiger partial charge in [0.25, 0.3) is 0 Å². The van der Waals surface area contributed by atoms with Gasteiger partial charge in [-0.1, -0.05) is 13.3 Å². The van der Waals surface area contributed by atoms with Crippen LogP contribution in [0.25, 0.3) is 0 Å². The number of nitrogens with zero attached hydrogens (tertiary/aromatic N) is 2. The van der Waals surface area contributed by atoms with Crippen LogP contribution in [0, 0.1) is 0 Å². The fourth-order valence-corrected chi connectivity index (χ4v) is 7.35. The second-order valence-corrected chi connectivity index (χ2v) is 11.0. The Balaban J connectivity index is 0.00000280. The second kappa shape index (κ2) is 12.3. The first-order valence-corrected chi connectivity index (χ1v) is 13.0. The maximum absolute atomic E-state index is 12.2. The molecule has 164 valence electrons. The van der Waals surface area contributed by atoms with E-state index in [9.17, 15) is 4.21 Å². The van der Waals surface area contributed by atoms with E-state index < -0.39 is 10.8 Å². The number of guanidine groups is 1. The highest BCUT2D eigenvalue weighted by atomic mass is 127. The van der Waals surface area contributed by atoms with Gasteiger partial charge in [-0.3, -0.25) is 14.1 Å². The predicted octanol–water partition coefficient (Wildman–Crippen LogP) is 2.06. The Bertz CT molecular complexity index is 526. The van der Waals surface area contributed by atoms with Crippen molar-refractivity contribution >= 4 is 52.5 Å². The van der Waals surface area contributed by atoms with Gasteiger partial charge in [0.15, 0.2) is 5.96 Å².